The highest BCUT2D eigenvalue weighted by Gasteiger charge is 2.25. The van der Waals surface area contributed by atoms with E-state index in [1.165, 1.54) is 12.8 Å². The fourth-order valence-corrected chi connectivity index (χ4v) is 2.88. The van der Waals surface area contributed by atoms with Gasteiger partial charge in [-0.05, 0) is 32.2 Å². The van der Waals surface area contributed by atoms with Crippen LogP contribution in [0.3, 0.4) is 0 Å². The monoisotopic (exact) mass is 294 g/mol. The first-order valence-electron chi connectivity index (χ1n) is 7.61. The van der Waals surface area contributed by atoms with Gasteiger partial charge in [0, 0.05) is 19.1 Å². The zero-order chi connectivity index (χ0) is 15.2. The molecule has 1 aromatic heterocycles. The molecule has 1 aliphatic carbocycles. The van der Waals surface area contributed by atoms with E-state index in [9.17, 15) is 0 Å². The first-order chi connectivity index (χ1) is 10.2. The molecular weight excluding hydrogens is 268 g/mol. The lowest BCUT2D eigenvalue weighted by Crippen LogP contribution is -2.41. The lowest BCUT2D eigenvalue weighted by molar-refractivity contribution is 0.336. The normalized spacial score (nSPS) is 21.9. The molecule has 1 aromatic rings. The fourth-order valence-electron chi connectivity index (χ4n) is 2.88. The van der Waals surface area contributed by atoms with E-state index in [2.05, 4.69) is 27.1 Å². The maximum atomic E-state index is 5.22. The van der Waals surface area contributed by atoms with Crippen molar-refractivity contribution in [2.45, 2.75) is 44.7 Å². The number of nitrogens with zero attached hydrogens (tertiary/aromatic N) is 3. The summed E-state index contributed by atoms with van der Waals surface area (Å²) < 4.78 is 10.4. The second kappa shape index (κ2) is 7.45. The average molecular weight is 294 g/mol. The molecule has 1 N–H and O–H groups in total. The van der Waals surface area contributed by atoms with Crippen LogP contribution in [0.5, 0.6) is 11.8 Å². The Morgan fingerprint density at radius 1 is 1.14 bits per heavy atom. The van der Waals surface area contributed by atoms with Gasteiger partial charge in [0.25, 0.3) is 0 Å². The van der Waals surface area contributed by atoms with Gasteiger partial charge >= 0.3 is 0 Å². The molecule has 0 amide bonds. The first-order valence-corrected chi connectivity index (χ1v) is 7.61. The van der Waals surface area contributed by atoms with Crippen LogP contribution in [0.1, 0.15) is 32.6 Å². The maximum absolute atomic E-state index is 5.22. The summed E-state index contributed by atoms with van der Waals surface area (Å²) >= 11 is 0. The van der Waals surface area contributed by atoms with Crippen LogP contribution in [-0.2, 0) is 0 Å². The molecule has 1 aliphatic rings. The zero-order valence-electron chi connectivity index (χ0n) is 13.4. The second-order valence-electron chi connectivity index (χ2n) is 5.43. The minimum absolute atomic E-state index is 0.469. The summed E-state index contributed by atoms with van der Waals surface area (Å²) in [7, 11) is 5.26. The summed E-state index contributed by atoms with van der Waals surface area (Å²) in [6, 6.07) is 2.82. The van der Waals surface area contributed by atoms with Crippen LogP contribution in [0.25, 0.3) is 0 Å². The van der Waals surface area contributed by atoms with Crippen LogP contribution in [0.2, 0.25) is 0 Å². The van der Waals surface area contributed by atoms with Gasteiger partial charge in [-0.1, -0.05) is 6.92 Å². The van der Waals surface area contributed by atoms with Gasteiger partial charge < -0.3 is 19.7 Å². The highest BCUT2D eigenvalue weighted by atomic mass is 16.5. The van der Waals surface area contributed by atoms with Gasteiger partial charge in [-0.3, -0.25) is 0 Å². The Morgan fingerprint density at radius 3 is 2.19 bits per heavy atom. The van der Waals surface area contributed by atoms with Crippen LogP contribution in [0.15, 0.2) is 6.07 Å². The summed E-state index contributed by atoms with van der Waals surface area (Å²) in [6.07, 6.45) is 4.70. The van der Waals surface area contributed by atoms with Crippen molar-refractivity contribution in [3.05, 3.63) is 6.07 Å². The topological polar surface area (TPSA) is 59.5 Å². The van der Waals surface area contributed by atoms with Crippen molar-refractivity contribution in [1.29, 1.82) is 0 Å². The molecule has 0 radical (unpaired) electrons. The van der Waals surface area contributed by atoms with E-state index in [-0.39, 0.29) is 0 Å². The number of ether oxygens (including phenoxy) is 2. The van der Waals surface area contributed by atoms with E-state index >= 15 is 0 Å². The van der Waals surface area contributed by atoms with E-state index in [1.54, 1.807) is 20.3 Å². The van der Waals surface area contributed by atoms with Crippen LogP contribution in [0.4, 0.5) is 5.95 Å². The van der Waals surface area contributed by atoms with E-state index in [0.29, 0.717) is 29.8 Å². The van der Waals surface area contributed by atoms with Crippen molar-refractivity contribution in [1.82, 2.24) is 15.3 Å². The van der Waals surface area contributed by atoms with Crippen LogP contribution >= 0.6 is 0 Å². The van der Waals surface area contributed by atoms with E-state index in [4.69, 9.17) is 9.47 Å². The van der Waals surface area contributed by atoms with E-state index < -0.39 is 0 Å². The van der Waals surface area contributed by atoms with Gasteiger partial charge in [0.1, 0.15) is 0 Å². The smallest absolute Gasteiger partial charge is 0.231 e. The molecule has 1 fully saturated rings. The van der Waals surface area contributed by atoms with Crippen LogP contribution in [0, 0.1) is 0 Å². The highest BCUT2D eigenvalue weighted by Crippen LogP contribution is 2.27. The largest absolute Gasteiger partial charge is 0.481 e. The van der Waals surface area contributed by atoms with Crippen molar-refractivity contribution in [2.75, 3.05) is 32.7 Å². The number of hydrogen-bond acceptors (Lipinski definition) is 6. The van der Waals surface area contributed by atoms with Gasteiger partial charge in [-0.15, -0.1) is 0 Å². The van der Waals surface area contributed by atoms with Gasteiger partial charge in [0.15, 0.2) is 0 Å². The Bertz CT molecular complexity index is 425. The molecule has 0 spiro atoms. The molecule has 0 atom stereocenters. The Balaban J connectivity index is 2.04. The van der Waals surface area contributed by atoms with Crippen molar-refractivity contribution >= 4 is 5.95 Å². The quantitative estimate of drug-likeness (QED) is 0.864. The molecule has 1 saturated carbocycles. The molecule has 1 heterocycles. The van der Waals surface area contributed by atoms with Crippen molar-refractivity contribution in [3.8, 4) is 11.8 Å². The van der Waals surface area contributed by atoms with E-state index in [0.717, 1.165) is 19.4 Å². The molecule has 0 saturated heterocycles. The SMILES string of the molecule is CCNC1CCC(N(C)c2nc(OC)cc(OC)n2)CC1. The molecule has 6 heteroatoms. The van der Waals surface area contributed by atoms with Crippen LogP contribution < -0.4 is 19.7 Å². The summed E-state index contributed by atoms with van der Waals surface area (Å²) in [5.41, 5.74) is 0. The molecule has 0 unspecified atom stereocenters. The summed E-state index contributed by atoms with van der Waals surface area (Å²) in [5, 5.41) is 3.53. The molecule has 21 heavy (non-hydrogen) atoms. The lowest BCUT2D eigenvalue weighted by Gasteiger charge is -2.35. The molecule has 0 aromatic carbocycles. The summed E-state index contributed by atoms with van der Waals surface area (Å²) in [4.78, 5) is 11.0. The number of hydrogen-bond donors (Lipinski definition) is 1. The minimum atomic E-state index is 0.469. The predicted octanol–water partition coefficient (Wildman–Crippen LogP) is 1.85. The minimum Gasteiger partial charge on any atom is -0.481 e. The Labute approximate surface area is 126 Å². The third-order valence-corrected chi connectivity index (χ3v) is 4.14. The van der Waals surface area contributed by atoms with Crippen LogP contribution in [-0.4, -0.2) is 49.9 Å². The Kier molecular flexibility index (Phi) is 5.61. The number of methoxy groups -OCH3 is 2. The maximum Gasteiger partial charge on any atom is 0.231 e. The third kappa shape index (κ3) is 3.97. The standard InChI is InChI=1S/C15H26N4O2/c1-5-16-11-6-8-12(9-7-11)19(2)15-17-13(20-3)10-14(18-15)21-4/h10-12,16H,5-9H2,1-4H3. The predicted molar refractivity (Wildman–Crippen MR) is 83.3 cm³/mol. The molecule has 118 valence electrons. The van der Waals surface area contributed by atoms with Crippen molar-refractivity contribution < 1.29 is 9.47 Å². The van der Waals surface area contributed by atoms with Gasteiger partial charge in [0.05, 0.1) is 20.3 Å². The van der Waals surface area contributed by atoms with Gasteiger partial charge in [-0.2, -0.15) is 9.97 Å². The molecule has 6 nitrogen and oxygen atoms in total. The number of anilines is 1. The Hall–Kier alpha value is -1.56. The zero-order valence-corrected chi connectivity index (χ0v) is 13.4. The van der Waals surface area contributed by atoms with Gasteiger partial charge in [-0.25, -0.2) is 0 Å². The average Bonchev–Trinajstić information content (AvgIpc) is 2.54. The van der Waals surface area contributed by atoms with Gasteiger partial charge in [0.2, 0.25) is 17.7 Å². The van der Waals surface area contributed by atoms with Crippen molar-refractivity contribution in [3.63, 3.8) is 0 Å². The molecular formula is C15H26N4O2. The summed E-state index contributed by atoms with van der Waals surface area (Å²) in [6.45, 7) is 3.20. The fraction of sp³-hybridized carbons (Fsp3) is 0.733. The number of nitrogens with one attached hydrogen (secondary N) is 1. The first kappa shape index (κ1) is 15.8. The third-order valence-electron chi connectivity index (χ3n) is 4.14. The number of aromatic nitrogens is 2. The molecule has 2 rings (SSSR count). The molecule has 0 aliphatic heterocycles. The summed E-state index contributed by atoms with van der Waals surface area (Å²) in [5.74, 6) is 1.73. The lowest BCUT2D eigenvalue weighted by atomic mass is 9.90. The van der Waals surface area contributed by atoms with Crippen molar-refractivity contribution in [2.24, 2.45) is 0 Å². The second-order valence-corrected chi connectivity index (χ2v) is 5.43. The Morgan fingerprint density at radius 2 is 1.71 bits per heavy atom. The molecule has 0 bridgehead atoms. The number of rotatable bonds is 6. The van der Waals surface area contributed by atoms with E-state index in [1.807, 2.05) is 7.05 Å². The highest BCUT2D eigenvalue weighted by molar-refractivity contribution is 5.37.